The Morgan fingerprint density at radius 3 is 2.77 bits per heavy atom. The molecule has 2 aliphatic heterocycles. The minimum atomic E-state index is -0.0382. The zero-order valence-corrected chi connectivity index (χ0v) is 25.4. The maximum Gasteiger partial charge on any atom is 0.315 e. The van der Waals surface area contributed by atoms with Gasteiger partial charge in [0.05, 0.1) is 25.3 Å². The van der Waals surface area contributed by atoms with E-state index >= 15 is 0 Å². The SMILES string of the molecule is CNNC(=O)CCCCC1SCC2NC(=O)NC21.COc1ccc2c(c1)CCC1C2CCC2(C)C(OC)CCC12. The Kier molecular flexibility index (Phi) is 9.52. The van der Waals surface area contributed by atoms with E-state index in [1.165, 1.54) is 44.1 Å². The molecule has 1 aromatic rings. The molecule has 0 bridgehead atoms. The lowest BCUT2D eigenvalue weighted by Gasteiger charge is -2.50. The van der Waals surface area contributed by atoms with E-state index in [0.717, 1.165) is 48.5 Å². The van der Waals surface area contributed by atoms with Crippen molar-refractivity contribution in [3.05, 3.63) is 29.3 Å². The van der Waals surface area contributed by atoms with Crippen molar-refractivity contribution in [3.63, 3.8) is 0 Å². The Labute approximate surface area is 243 Å². The van der Waals surface area contributed by atoms with Gasteiger partial charge in [-0.1, -0.05) is 19.4 Å². The van der Waals surface area contributed by atoms with E-state index in [-0.39, 0.29) is 18.0 Å². The smallest absolute Gasteiger partial charge is 0.315 e. The second-order valence-electron chi connectivity index (χ2n) is 12.5. The Balaban J connectivity index is 0.000000165. The van der Waals surface area contributed by atoms with Crippen LogP contribution < -0.4 is 26.2 Å². The largest absolute Gasteiger partial charge is 0.497 e. The number of unbranched alkanes of at least 4 members (excludes halogenated alkanes) is 1. The maximum absolute atomic E-state index is 11.2. The molecule has 1 aromatic carbocycles. The minimum absolute atomic E-state index is 0.0327. The minimum Gasteiger partial charge on any atom is -0.497 e. The molecule has 8 unspecified atom stereocenters. The first-order valence-electron chi connectivity index (χ1n) is 15.2. The van der Waals surface area contributed by atoms with Gasteiger partial charge < -0.3 is 20.1 Å². The Morgan fingerprint density at radius 1 is 1.15 bits per heavy atom. The van der Waals surface area contributed by atoms with Crippen molar-refractivity contribution in [1.29, 1.82) is 0 Å². The highest BCUT2D eigenvalue weighted by Gasteiger charge is 2.55. The molecular formula is C31H48N4O4S. The summed E-state index contributed by atoms with van der Waals surface area (Å²) in [6.07, 6.45) is 11.8. The van der Waals surface area contributed by atoms with E-state index in [0.29, 0.717) is 29.2 Å². The summed E-state index contributed by atoms with van der Waals surface area (Å²) in [6.45, 7) is 2.50. The van der Waals surface area contributed by atoms with Crippen LogP contribution >= 0.6 is 11.8 Å². The van der Waals surface area contributed by atoms with Gasteiger partial charge in [0.1, 0.15) is 5.75 Å². The lowest BCUT2D eigenvalue weighted by molar-refractivity contribution is -0.122. The molecule has 2 saturated carbocycles. The van der Waals surface area contributed by atoms with Crippen LogP contribution in [0.5, 0.6) is 5.75 Å². The number of hydrogen-bond donors (Lipinski definition) is 4. The molecular weight excluding hydrogens is 524 g/mol. The number of hydrogen-bond acceptors (Lipinski definition) is 6. The van der Waals surface area contributed by atoms with Crippen molar-refractivity contribution in [1.82, 2.24) is 21.5 Å². The second kappa shape index (κ2) is 12.9. The fraction of sp³-hybridized carbons (Fsp3) is 0.742. The third-order valence-corrected chi connectivity index (χ3v) is 12.0. The first-order valence-corrected chi connectivity index (χ1v) is 16.3. The molecule has 6 rings (SSSR count). The van der Waals surface area contributed by atoms with Gasteiger partial charge in [0, 0.05) is 31.6 Å². The molecule has 5 aliphatic rings. The van der Waals surface area contributed by atoms with Crippen LogP contribution in [-0.4, -0.2) is 62.4 Å². The van der Waals surface area contributed by atoms with Crippen LogP contribution in [0.15, 0.2) is 18.2 Å². The molecule has 4 N–H and O–H groups in total. The van der Waals surface area contributed by atoms with Crippen LogP contribution in [-0.2, 0) is 16.0 Å². The van der Waals surface area contributed by atoms with E-state index in [1.807, 2.05) is 18.9 Å². The summed E-state index contributed by atoms with van der Waals surface area (Å²) in [5.74, 6) is 4.52. The van der Waals surface area contributed by atoms with E-state index in [4.69, 9.17) is 9.47 Å². The van der Waals surface area contributed by atoms with E-state index in [1.54, 1.807) is 19.7 Å². The van der Waals surface area contributed by atoms with E-state index in [2.05, 4.69) is 46.6 Å². The quantitative estimate of drug-likeness (QED) is 0.208. The molecule has 2 saturated heterocycles. The molecule has 2 heterocycles. The number of rotatable bonds is 8. The first-order chi connectivity index (χ1) is 19.4. The monoisotopic (exact) mass is 572 g/mol. The van der Waals surface area contributed by atoms with Crippen LogP contribution in [0.3, 0.4) is 0 Å². The highest BCUT2D eigenvalue weighted by Crippen LogP contribution is 2.61. The summed E-state index contributed by atoms with van der Waals surface area (Å²) in [7, 11) is 5.36. The average molecular weight is 573 g/mol. The number of benzene rings is 1. The summed E-state index contributed by atoms with van der Waals surface area (Å²) in [4.78, 5) is 22.4. The number of thioether (sulfide) groups is 1. The van der Waals surface area contributed by atoms with Crippen LogP contribution in [0, 0.1) is 17.3 Å². The summed E-state index contributed by atoms with van der Waals surface area (Å²) >= 11 is 1.92. The molecule has 9 heteroatoms. The predicted molar refractivity (Wildman–Crippen MR) is 160 cm³/mol. The topological polar surface area (TPSA) is 101 Å². The molecule has 0 aromatic heterocycles. The molecule has 8 nitrogen and oxygen atoms in total. The fourth-order valence-corrected chi connectivity index (χ4v) is 10.0. The van der Waals surface area contributed by atoms with Crippen molar-refractivity contribution in [2.24, 2.45) is 17.3 Å². The normalized spacial score (nSPS) is 35.2. The molecule has 3 aliphatic carbocycles. The molecule has 0 spiro atoms. The van der Waals surface area contributed by atoms with Gasteiger partial charge in [-0.05, 0) is 97.8 Å². The highest BCUT2D eigenvalue weighted by atomic mass is 32.2. The van der Waals surface area contributed by atoms with Gasteiger partial charge in [-0.25, -0.2) is 10.2 Å². The van der Waals surface area contributed by atoms with E-state index in [9.17, 15) is 9.59 Å². The number of ether oxygens (including phenoxy) is 2. The van der Waals surface area contributed by atoms with Gasteiger partial charge in [-0.2, -0.15) is 11.8 Å². The number of amides is 3. The van der Waals surface area contributed by atoms with Gasteiger partial charge in [-0.3, -0.25) is 10.2 Å². The van der Waals surface area contributed by atoms with Gasteiger partial charge >= 0.3 is 6.03 Å². The number of urea groups is 1. The lowest BCUT2D eigenvalue weighted by Crippen LogP contribution is -2.44. The Hall–Kier alpha value is -1.97. The van der Waals surface area contributed by atoms with Crippen molar-refractivity contribution in [2.75, 3.05) is 27.0 Å². The Bertz CT molecular complexity index is 1060. The van der Waals surface area contributed by atoms with Gasteiger partial charge in [0.25, 0.3) is 0 Å². The zero-order chi connectivity index (χ0) is 28.3. The summed E-state index contributed by atoms with van der Waals surface area (Å²) < 4.78 is 11.3. The summed E-state index contributed by atoms with van der Waals surface area (Å²) in [6, 6.07) is 7.29. The Morgan fingerprint density at radius 2 is 2.00 bits per heavy atom. The first kappa shape index (κ1) is 29.5. The van der Waals surface area contributed by atoms with Crippen molar-refractivity contribution < 1.29 is 19.1 Å². The molecule has 40 heavy (non-hydrogen) atoms. The van der Waals surface area contributed by atoms with Gasteiger partial charge in [-0.15, -0.1) is 0 Å². The molecule has 222 valence electrons. The number of carbonyl (C=O) groups excluding carboxylic acids is 2. The van der Waals surface area contributed by atoms with E-state index < -0.39 is 0 Å². The van der Waals surface area contributed by atoms with Crippen LogP contribution in [0.25, 0.3) is 0 Å². The number of aryl methyl sites for hydroxylation is 1. The van der Waals surface area contributed by atoms with Crippen LogP contribution in [0.2, 0.25) is 0 Å². The summed E-state index contributed by atoms with van der Waals surface area (Å²) in [5.41, 5.74) is 8.74. The highest BCUT2D eigenvalue weighted by molar-refractivity contribution is 8.00. The number of carbonyl (C=O) groups is 2. The third kappa shape index (κ3) is 5.97. The lowest BCUT2D eigenvalue weighted by atomic mass is 9.55. The zero-order valence-electron chi connectivity index (χ0n) is 24.6. The number of nitrogens with one attached hydrogen (secondary N) is 4. The van der Waals surface area contributed by atoms with Crippen molar-refractivity contribution in [3.8, 4) is 5.75 Å². The number of hydrazine groups is 1. The van der Waals surface area contributed by atoms with Gasteiger partial charge in [0.2, 0.25) is 5.91 Å². The van der Waals surface area contributed by atoms with Crippen LogP contribution in [0.4, 0.5) is 4.79 Å². The van der Waals surface area contributed by atoms with Crippen molar-refractivity contribution in [2.45, 2.75) is 100 Å². The molecule has 3 amide bonds. The summed E-state index contributed by atoms with van der Waals surface area (Å²) in [5, 5.41) is 6.39. The predicted octanol–water partition coefficient (Wildman–Crippen LogP) is 4.53. The number of fused-ring (bicyclic) bond motifs is 6. The molecule has 8 atom stereocenters. The number of methoxy groups -OCH3 is 2. The molecule has 4 fully saturated rings. The van der Waals surface area contributed by atoms with Crippen LogP contribution in [0.1, 0.15) is 81.8 Å². The fourth-order valence-electron chi connectivity index (χ4n) is 8.50. The molecule has 0 radical (unpaired) electrons. The van der Waals surface area contributed by atoms with Crippen molar-refractivity contribution >= 4 is 23.7 Å². The average Bonchev–Trinajstić information content (AvgIpc) is 3.62. The standard InChI is InChI=1S/C20H28O2.C11H20N4O2S/c1-20-11-10-16-15-7-5-14(21-2)12-13(15)4-6-17(16)18(20)8-9-19(20)22-3;1-12-15-9(16)5-3-2-4-8-10-7(6-18-8)13-11(17)14-10/h5,7,12,16-19H,4,6,8-11H2,1-3H3;7-8,10,12H,2-6H2,1H3,(H,15,16)(H2,13,14,17). The van der Waals surface area contributed by atoms with Gasteiger partial charge in [0.15, 0.2) is 0 Å². The second-order valence-corrected chi connectivity index (χ2v) is 13.8. The maximum atomic E-state index is 11.2. The third-order valence-electron chi connectivity index (χ3n) is 10.5.